The van der Waals surface area contributed by atoms with Crippen LogP contribution in [0.3, 0.4) is 0 Å². The highest BCUT2D eigenvalue weighted by Crippen LogP contribution is 2.24. The van der Waals surface area contributed by atoms with Gasteiger partial charge in [-0.1, -0.05) is 12.1 Å². The molecular weight excluding hydrogens is 360 g/mol. The average Bonchev–Trinajstić information content (AvgIpc) is 2.93. The highest BCUT2D eigenvalue weighted by molar-refractivity contribution is 7.91. The predicted molar refractivity (Wildman–Crippen MR) is 96.9 cm³/mol. The zero-order valence-corrected chi connectivity index (χ0v) is 15.8. The Morgan fingerprint density at radius 1 is 1.31 bits per heavy atom. The fraction of sp³-hybridized carbons (Fsp3) is 0.529. The molecule has 1 heterocycles. The number of para-hydroxylation sites is 2. The van der Waals surface area contributed by atoms with Gasteiger partial charge in [-0.25, -0.2) is 8.42 Å². The molecule has 2 amide bonds. The molecule has 0 aliphatic carbocycles. The zero-order chi connectivity index (χ0) is 19.2. The molecule has 9 heteroatoms. The fourth-order valence-electron chi connectivity index (χ4n) is 2.83. The van der Waals surface area contributed by atoms with Crippen molar-refractivity contribution in [1.29, 1.82) is 0 Å². The van der Waals surface area contributed by atoms with E-state index in [1.54, 1.807) is 24.3 Å². The molecule has 0 radical (unpaired) electrons. The largest absolute Gasteiger partial charge is 0.482 e. The quantitative estimate of drug-likeness (QED) is 0.707. The molecule has 1 fully saturated rings. The SMILES string of the molecule is COCCN(C(=O)COc1ccccc1NC(C)=O)[C@H]1CCS(=O)(=O)C1. The zero-order valence-electron chi connectivity index (χ0n) is 14.9. The van der Waals surface area contributed by atoms with E-state index in [-0.39, 0.29) is 36.0 Å². The molecule has 144 valence electrons. The second-order valence-electron chi connectivity index (χ2n) is 6.10. The lowest BCUT2D eigenvalue weighted by Crippen LogP contribution is -2.45. The molecule has 1 aliphatic heterocycles. The van der Waals surface area contributed by atoms with Gasteiger partial charge in [-0.3, -0.25) is 9.59 Å². The number of rotatable bonds is 8. The molecule has 1 N–H and O–H groups in total. The number of carbonyl (C=O) groups is 2. The number of nitrogens with one attached hydrogen (secondary N) is 1. The summed E-state index contributed by atoms with van der Waals surface area (Å²) >= 11 is 0. The van der Waals surface area contributed by atoms with Crippen LogP contribution < -0.4 is 10.1 Å². The number of methoxy groups -OCH3 is 1. The molecule has 2 rings (SSSR count). The number of anilines is 1. The molecule has 0 spiro atoms. The number of hydrogen-bond acceptors (Lipinski definition) is 6. The van der Waals surface area contributed by atoms with Gasteiger partial charge in [0.15, 0.2) is 16.4 Å². The van der Waals surface area contributed by atoms with E-state index in [4.69, 9.17) is 9.47 Å². The van der Waals surface area contributed by atoms with Gasteiger partial charge in [-0.2, -0.15) is 0 Å². The van der Waals surface area contributed by atoms with Crippen molar-refractivity contribution in [1.82, 2.24) is 4.90 Å². The molecule has 1 aliphatic rings. The molecule has 0 bridgehead atoms. The van der Waals surface area contributed by atoms with Gasteiger partial charge in [0.25, 0.3) is 5.91 Å². The van der Waals surface area contributed by atoms with Crippen molar-refractivity contribution in [3.8, 4) is 5.75 Å². The molecule has 1 aromatic rings. The van der Waals surface area contributed by atoms with Crippen LogP contribution in [0.1, 0.15) is 13.3 Å². The normalized spacial score (nSPS) is 18.3. The molecule has 0 saturated carbocycles. The van der Waals surface area contributed by atoms with Crippen LogP contribution in [0.25, 0.3) is 0 Å². The van der Waals surface area contributed by atoms with E-state index in [2.05, 4.69) is 5.32 Å². The van der Waals surface area contributed by atoms with E-state index in [0.29, 0.717) is 31.0 Å². The second-order valence-corrected chi connectivity index (χ2v) is 8.33. The van der Waals surface area contributed by atoms with Crippen LogP contribution in [0.15, 0.2) is 24.3 Å². The maximum Gasteiger partial charge on any atom is 0.260 e. The number of sulfone groups is 1. The van der Waals surface area contributed by atoms with Crippen LogP contribution in [0, 0.1) is 0 Å². The highest BCUT2D eigenvalue weighted by Gasteiger charge is 2.34. The molecule has 1 saturated heterocycles. The Kier molecular flexibility index (Phi) is 6.98. The third-order valence-corrected chi connectivity index (χ3v) is 5.81. The lowest BCUT2D eigenvalue weighted by atomic mass is 10.2. The maximum absolute atomic E-state index is 12.6. The van der Waals surface area contributed by atoms with E-state index >= 15 is 0 Å². The van der Waals surface area contributed by atoms with E-state index in [1.807, 2.05) is 0 Å². The van der Waals surface area contributed by atoms with Crippen molar-refractivity contribution in [2.45, 2.75) is 19.4 Å². The van der Waals surface area contributed by atoms with Crippen LogP contribution >= 0.6 is 0 Å². The lowest BCUT2D eigenvalue weighted by molar-refractivity contribution is -0.136. The summed E-state index contributed by atoms with van der Waals surface area (Å²) in [5, 5.41) is 2.64. The smallest absolute Gasteiger partial charge is 0.260 e. The van der Waals surface area contributed by atoms with Crippen molar-refractivity contribution < 1.29 is 27.5 Å². The molecule has 1 atom stereocenters. The fourth-order valence-corrected chi connectivity index (χ4v) is 4.56. The number of nitrogens with zero attached hydrogens (tertiary/aromatic N) is 1. The number of ether oxygens (including phenoxy) is 2. The number of amides is 2. The Morgan fingerprint density at radius 3 is 2.65 bits per heavy atom. The Labute approximate surface area is 153 Å². The summed E-state index contributed by atoms with van der Waals surface area (Å²) in [7, 11) is -1.59. The summed E-state index contributed by atoms with van der Waals surface area (Å²) in [4.78, 5) is 25.4. The Hall–Kier alpha value is -2.13. The van der Waals surface area contributed by atoms with Crippen molar-refractivity contribution in [2.75, 3.05) is 43.7 Å². The van der Waals surface area contributed by atoms with Crippen LogP contribution in [-0.2, 0) is 24.2 Å². The first-order valence-corrected chi connectivity index (χ1v) is 10.1. The van der Waals surface area contributed by atoms with Gasteiger partial charge >= 0.3 is 0 Å². The maximum atomic E-state index is 12.6. The first-order valence-electron chi connectivity index (χ1n) is 8.30. The van der Waals surface area contributed by atoms with Gasteiger partial charge in [0.1, 0.15) is 5.75 Å². The van der Waals surface area contributed by atoms with E-state index in [1.165, 1.54) is 18.9 Å². The topological polar surface area (TPSA) is 102 Å². The third-order valence-electron chi connectivity index (χ3n) is 4.05. The van der Waals surface area contributed by atoms with Gasteiger partial charge in [0, 0.05) is 26.6 Å². The minimum absolute atomic E-state index is 0.0368. The van der Waals surface area contributed by atoms with Crippen molar-refractivity contribution in [3.63, 3.8) is 0 Å². The van der Waals surface area contributed by atoms with Gasteiger partial charge in [0.05, 0.1) is 23.8 Å². The molecule has 8 nitrogen and oxygen atoms in total. The van der Waals surface area contributed by atoms with Crippen LogP contribution in [0.2, 0.25) is 0 Å². The van der Waals surface area contributed by atoms with E-state index in [0.717, 1.165) is 0 Å². The minimum Gasteiger partial charge on any atom is -0.482 e. The number of benzene rings is 1. The highest BCUT2D eigenvalue weighted by atomic mass is 32.2. The monoisotopic (exact) mass is 384 g/mol. The molecule has 1 aromatic carbocycles. The third kappa shape index (κ3) is 5.70. The summed E-state index contributed by atoms with van der Waals surface area (Å²) < 4.78 is 34.1. The van der Waals surface area contributed by atoms with Gasteiger partial charge in [0.2, 0.25) is 5.91 Å². The van der Waals surface area contributed by atoms with Crippen LogP contribution in [-0.4, -0.2) is 69.5 Å². The molecular formula is C17H24N2O6S. The molecule has 26 heavy (non-hydrogen) atoms. The lowest BCUT2D eigenvalue weighted by Gasteiger charge is -2.28. The summed E-state index contributed by atoms with van der Waals surface area (Å²) in [5.74, 6) is -0.139. The minimum atomic E-state index is -3.11. The second kappa shape index (κ2) is 9.00. The van der Waals surface area contributed by atoms with Crippen LogP contribution in [0.4, 0.5) is 5.69 Å². The standard InChI is InChI=1S/C17H24N2O6S/c1-13(20)18-15-5-3-4-6-16(15)25-11-17(21)19(8-9-24-2)14-7-10-26(22,23)12-14/h3-6,14H,7-12H2,1-2H3,(H,18,20)/t14-/m0/s1. The molecule has 0 unspecified atom stereocenters. The Morgan fingerprint density at radius 2 is 2.04 bits per heavy atom. The van der Waals surface area contributed by atoms with E-state index < -0.39 is 9.84 Å². The first-order chi connectivity index (χ1) is 12.3. The Balaban J connectivity index is 2.04. The van der Waals surface area contributed by atoms with Crippen molar-refractivity contribution >= 4 is 27.3 Å². The first kappa shape index (κ1) is 20.2. The molecule has 0 aromatic heterocycles. The average molecular weight is 384 g/mol. The summed E-state index contributed by atoms with van der Waals surface area (Å²) in [6.07, 6.45) is 0.417. The number of carbonyl (C=O) groups excluding carboxylic acids is 2. The van der Waals surface area contributed by atoms with Crippen LogP contribution in [0.5, 0.6) is 5.75 Å². The van der Waals surface area contributed by atoms with Crippen molar-refractivity contribution in [2.24, 2.45) is 0 Å². The van der Waals surface area contributed by atoms with E-state index in [9.17, 15) is 18.0 Å². The summed E-state index contributed by atoms with van der Waals surface area (Å²) in [6, 6.07) is 6.44. The van der Waals surface area contributed by atoms with Gasteiger partial charge in [-0.15, -0.1) is 0 Å². The Bertz CT molecular complexity index is 749. The number of hydrogen-bond donors (Lipinski definition) is 1. The van der Waals surface area contributed by atoms with Gasteiger partial charge in [-0.05, 0) is 18.6 Å². The predicted octanol–water partition coefficient (Wildman–Crippen LogP) is 0.686. The summed E-state index contributed by atoms with van der Waals surface area (Å²) in [5.41, 5.74) is 0.472. The summed E-state index contributed by atoms with van der Waals surface area (Å²) in [6.45, 7) is 1.74. The van der Waals surface area contributed by atoms with Gasteiger partial charge < -0.3 is 19.7 Å². The van der Waals surface area contributed by atoms with Crippen molar-refractivity contribution in [3.05, 3.63) is 24.3 Å².